The summed E-state index contributed by atoms with van der Waals surface area (Å²) in [4.78, 5) is 24.5. The molecule has 5 heteroatoms. The summed E-state index contributed by atoms with van der Waals surface area (Å²) in [6, 6.07) is 0. The predicted molar refractivity (Wildman–Crippen MR) is 71.1 cm³/mol. The molecule has 0 bridgehead atoms. The molecule has 0 aliphatic rings. The molecule has 0 saturated carbocycles. The van der Waals surface area contributed by atoms with Crippen LogP contribution in [0.2, 0.25) is 0 Å². The third-order valence-electron chi connectivity index (χ3n) is 2.34. The van der Waals surface area contributed by atoms with Crippen LogP contribution in [0.25, 0.3) is 0 Å². The van der Waals surface area contributed by atoms with Gasteiger partial charge in [0.1, 0.15) is 0 Å². The number of hydrogen-bond acceptors (Lipinski definition) is 4. The first-order valence-corrected chi connectivity index (χ1v) is 6.07. The summed E-state index contributed by atoms with van der Waals surface area (Å²) in [5, 5.41) is 2.84. The lowest BCUT2D eigenvalue weighted by Crippen LogP contribution is -2.36. The second kappa shape index (κ2) is 8.69. The van der Waals surface area contributed by atoms with Crippen LogP contribution in [0.3, 0.4) is 0 Å². The maximum absolute atomic E-state index is 11.5. The molecule has 0 aliphatic heterocycles. The fraction of sp³-hybridized carbons (Fsp3) is 0.692. The molecule has 18 heavy (non-hydrogen) atoms. The van der Waals surface area contributed by atoms with Crippen molar-refractivity contribution in [3.8, 4) is 0 Å². The van der Waals surface area contributed by atoms with E-state index in [1.165, 1.54) is 7.11 Å². The van der Waals surface area contributed by atoms with Crippen LogP contribution in [0.5, 0.6) is 0 Å². The average molecular weight is 256 g/mol. The Morgan fingerprint density at radius 1 is 1.39 bits per heavy atom. The zero-order valence-electron chi connectivity index (χ0n) is 11.9. The van der Waals surface area contributed by atoms with Crippen LogP contribution in [0.1, 0.15) is 20.8 Å². The van der Waals surface area contributed by atoms with Crippen LogP contribution < -0.4 is 5.32 Å². The fourth-order valence-electron chi connectivity index (χ4n) is 1.22. The van der Waals surface area contributed by atoms with Crippen molar-refractivity contribution in [2.45, 2.75) is 20.8 Å². The van der Waals surface area contributed by atoms with Gasteiger partial charge < -0.3 is 10.1 Å². The Balaban J connectivity index is 4.00. The van der Waals surface area contributed by atoms with Crippen molar-refractivity contribution in [3.05, 3.63) is 11.6 Å². The van der Waals surface area contributed by atoms with E-state index < -0.39 is 0 Å². The molecule has 1 amide bonds. The summed E-state index contributed by atoms with van der Waals surface area (Å²) in [5.41, 5.74) is 0.548. The quantitative estimate of drug-likeness (QED) is 0.541. The molecule has 0 fully saturated rings. The molecular weight excluding hydrogens is 232 g/mol. The highest BCUT2D eigenvalue weighted by Crippen LogP contribution is 1.96. The third kappa shape index (κ3) is 7.84. The van der Waals surface area contributed by atoms with E-state index in [2.05, 4.69) is 10.1 Å². The Morgan fingerprint density at radius 3 is 2.50 bits per heavy atom. The van der Waals surface area contributed by atoms with E-state index >= 15 is 0 Å². The van der Waals surface area contributed by atoms with E-state index in [-0.39, 0.29) is 11.9 Å². The lowest BCUT2D eigenvalue weighted by atomic mass is 10.2. The van der Waals surface area contributed by atoms with Gasteiger partial charge in [0.15, 0.2) is 0 Å². The lowest BCUT2D eigenvalue weighted by molar-refractivity contribution is -0.136. The molecule has 0 spiro atoms. The first kappa shape index (κ1) is 16.6. The number of likely N-dealkylation sites (N-methyl/N-ethyl adjacent to an activating group) is 1. The van der Waals surface area contributed by atoms with Crippen LogP contribution in [0.15, 0.2) is 11.6 Å². The number of rotatable bonds is 7. The van der Waals surface area contributed by atoms with Gasteiger partial charge in [-0.3, -0.25) is 9.69 Å². The molecule has 0 heterocycles. The van der Waals surface area contributed by atoms with Gasteiger partial charge in [0, 0.05) is 18.7 Å². The maximum atomic E-state index is 11.5. The highest BCUT2D eigenvalue weighted by atomic mass is 16.5. The first-order chi connectivity index (χ1) is 8.36. The van der Waals surface area contributed by atoms with E-state index in [1.807, 2.05) is 25.8 Å². The SMILES string of the molecule is COC(=O)C(C)=CCN(C)CC(=O)NCC(C)C. The van der Waals surface area contributed by atoms with E-state index in [0.29, 0.717) is 31.1 Å². The number of amides is 1. The molecule has 0 aromatic carbocycles. The number of nitrogens with one attached hydrogen (secondary N) is 1. The van der Waals surface area contributed by atoms with Gasteiger partial charge in [0.2, 0.25) is 5.91 Å². The highest BCUT2D eigenvalue weighted by molar-refractivity contribution is 5.87. The Bertz CT molecular complexity index is 311. The molecule has 0 aromatic heterocycles. The van der Waals surface area contributed by atoms with Crippen molar-refractivity contribution < 1.29 is 14.3 Å². The minimum atomic E-state index is -0.340. The summed E-state index contributed by atoms with van der Waals surface area (Å²) in [6.45, 7) is 7.33. The van der Waals surface area contributed by atoms with E-state index in [9.17, 15) is 9.59 Å². The zero-order valence-corrected chi connectivity index (χ0v) is 11.9. The second-order valence-electron chi connectivity index (χ2n) is 4.77. The molecule has 0 rings (SSSR count). The molecule has 104 valence electrons. The summed E-state index contributed by atoms with van der Waals surface area (Å²) in [7, 11) is 3.18. The van der Waals surface area contributed by atoms with Crippen LogP contribution in [0, 0.1) is 5.92 Å². The topological polar surface area (TPSA) is 58.6 Å². The van der Waals surface area contributed by atoms with Gasteiger partial charge in [-0.15, -0.1) is 0 Å². The zero-order chi connectivity index (χ0) is 14.1. The highest BCUT2D eigenvalue weighted by Gasteiger charge is 2.07. The van der Waals surface area contributed by atoms with E-state index in [0.717, 1.165) is 0 Å². The molecule has 0 aliphatic carbocycles. The minimum absolute atomic E-state index is 0.00433. The normalized spacial score (nSPS) is 11.8. The number of ether oxygens (including phenoxy) is 1. The number of carbonyl (C=O) groups is 2. The minimum Gasteiger partial charge on any atom is -0.466 e. The molecular formula is C13H24N2O3. The summed E-state index contributed by atoms with van der Waals surface area (Å²) in [5.74, 6) is 0.101. The Morgan fingerprint density at radius 2 is 2.00 bits per heavy atom. The van der Waals surface area contributed by atoms with Gasteiger partial charge in [-0.05, 0) is 19.9 Å². The van der Waals surface area contributed by atoms with Crippen molar-refractivity contribution in [2.24, 2.45) is 5.92 Å². The number of nitrogens with zero attached hydrogens (tertiary/aromatic N) is 1. The number of esters is 1. The molecule has 0 atom stereocenters. The molecule has 0 radical (unpaired) electrons. The molecule has 1 N–H and O–H groups in total. The first-order valence-electron chi connectivity index (χ1n) is 6.07. The third-order valence-corrected chi connectivity index (χ3v) is 2.34. The Hall–Kier alpha value is -1.36. The molecule has 0 saturated heterocycles. The van der Waals surface area contributed by atoms with Crippen LogP contribution >= 0.6 is 0 Å². The van der Waals surface area contributed by atoms with Crippen LogP contribution in [-0.2, 0) is 14.3 Å². The number of hydrogen-bond donors (Lipinski definition) is 1. The van der Waals surface area contributed by atoms with Gasteiger partial charge in [-0.2, -0.15) is 0 Å². The van der Waals surface area contributed by atoms with Gasteiger partial charge in [0.05, 0.1) is 13.7 Å². The van der Waals surface area contributed by atoms with E-state index in [4.69, 9.17) is 0 Å². The molecule has 0 unspecified atom stereocenters. The summed E-state index contributed by atoms with van der Waals surface area (Å²) >= 11 is 0. The van der Waals surface area contributed by atoms with Crippen LogP contribution in [-0.4, -0.2) is 50.6 Å². The van der Waals surface area contributed by atoms with Crippen molar-refractivity contribution in [2.75, 3.05) is 33.8 Å². The van der Waals surface area contributed by atoms with Gasteiger partial charge in [-0.1, -0.05) is 19.9 Å². The Kier molecular flexibility index (Phi) is 8.03. The summed E-state index contributed by atoms with van der Waals surface area (Å²) < 4.78 is 4.59. The van der Waals surface area contributed by atoms with Crippen molar-refractivity contribution in [3.63, 3.8) is 0 Å². The smallest absolute Gasteiger partial charge is 0.333 e. The molecule has 5 nitrogen and oxygen atoms in total. The number of carbonyl (C=O) groups excluding carboxylic acids is 2. The maximum Gasteiger partial charge on any atom is 0.333 e. The van der Waals surface area contributed by atoms with Gasteiger partial charge >= 0.3 is 5.97 Å². The predicted octanol–water partition coefficient (Wildman–Crippen LogP) is 0.810. The Labute approximate surface area is 109 Å². The monoisotopic (exact) mass is 256 g/mol. The molecule has 0 aromatic rings. The van der Waals surface area contributed by atoms with Crippen molar-refractivity contribution in [1.29, 1.82) is 0 Å². The van der Waals surface area contributed by atoms with Crippen LogP contribution in [0.4, 0.5) is 0 Å². The fourth-order valence-corrected chi connectivity index (χ4v) is 1.22. The largest absolute Gasteiger partial charge is 0.466 e. The average Bonchev–Trinajstić information content (AvgIpc) is 2.32. The van der Waals surface area contributed by atoms with Crippen molar-refractivity contribution >= 4 is 11.9 Å². The van der Waals surface area contributed by atoms with Gasteiger partial charge in [-0.25, -0.2) is 4.79 Å². The standard InChI is InChI=1S/C13H24N2O3/c1-10(2)8-14-12(16)9-15(4)7-6-11(3)13(17)18-5/h6,10H,7-9H2,1-5H3,(H,14,16). The van der Waals surface area contributed by atoms with E-state index in [1.54, 1.807) is 13.0 Å². The van der Waals surface area contributed by atoms with Gasteiger partial charge in [0.25, 0.3) is 0 Å². The summed E-state index contributed by atoms with van der Waals surface area (Å²) in [6.07, 6.45) is 1.75. The van der Waals surface area contributed by atoms with Crippen molar-refractivity contribution in [1.82, 2.24) is 10.2 Å². The lowest BCUT2D eigenvalue weighted by Gasteiger charge is -2.15. The second-order valence-corrected chi connectivity index (χ2v) is 4.77. The number of methoxy groups -OCH3 is 1.